The Morgan fingerprint density at radius 3 is 2.25 bits per heavy atom. The Kier molecular flexibility index (Phi) is 4.93. The molecule has 1 N–H and O–H groups in total. The summed E-state index contributed by atoms with van der Waals surface area (Å²) in [6.07, 6.45) is 1.41. The number of halogens is 2. The summed E-state index contributed by atoms with van der Waals surface area (Å²) in [4.78, 5) is 24.1. The maximum Gasteiger partial charge on any atom is 0.496 e. The zero-order valence-electron chi connectivity index (χ0n) is 16.0. The van der Waals surface area contributed by atoms with Crippen LogP contribution in [-0.4, -0.2) is 34.0 Å². The van der Waals surface area contributed by atoms with E-state index in [1.54, 1.807) is 0 Å². The summed E-state index contributed by atoms with van der Waals surface area (Å²) in [7, 11) is -0.875. The largest absolute Gasteiger partial charge is 0.496 e. The van der Waals surface area contributed by atoms with Gasteiger partial charge in [-0.15, -0.1) is 0 Å². The van der Waals surface area contributed by atoms with E-state index >= 15 is 0 Å². The third-order valence-corrected chi connectivity index (χ3v) is 5.20. The molecule has 1 aliphatic heterocycles. The highest BCUT2D eigenvalue weighted by molar-refractivity contribution is 6.62. The lowest BCUT2D eigenvalue weighted by atomic mass is 9.79. The van der Waals surface area contributed by atoms with Gasteiger partial charge in [-0.3, -0.25) is 4.79 Å². The maximum absolute atomic E-state index is 13.5. The molecular formula is C19H20BF2NO5. The fraction of sp³-hybridized carbons (Fsp3) is 0.368. The van der Waals surface area contributed by atoms with Gasteiger partial charge in [-0.1, -0.05) is 6.07 Å². The molecule has 0 atom stereocenters. The van der Waals surface area contributed by atoms with E-state index < -0.39 is 47.0 Å². The molecule has 0 unspecified atom stereocenters. The second-order valence-electron chi connectivity index (χ2n) is 7.76. The monoisotopic (exact) mass is 391 g/mol. The van der Waals surface area contributed by atoms with Crippen LogP contribution in [-0.2, 0) is 15.9 Å². The summed E-state index contributed by atoms with van der Waals surface area (Å²) in [5.41, 5.74) is -1.88. The highest BCUT2D eigenvalue weighted by Gasteiger charge is 2.52. The second-order valence-corrected chi connectivity index (χ2v) is 7.76. The van der Waals surface area contributed by atoms with Crippen molar-refractivity contribution in [1.82, 2.24) is 4.57 Å². The van der Waals surface area contributed by atoms with Crippen LogP contribution in [0.4, 0.5) is 8.78 Å². The Bertz CT molecular complexity index is 986. The molecule has 0 saturated carbocycles. The van der Waals surface area contributed by atoms with Gasteiger partial charge in [-0.05, 0) is 56.9 Å². The van der Waals surface area contributed by atoms with Crippen LogP contribution in [0.1, 0.15) is 43.6 Å². The number of rotatable bonds is 4. The third kappa shape index (κ3) is 3.59. The molecular weight excluding hydrogens is 371 g/mol. The number of aromatic nitrogens is 1. The van der Waals surface area contributed by atoms with Crippen molar-refractivity contribution in [1.29, 1.82) is 0 Å². The molecule has 2 heterocycles. The van der Waals surface area contributed by atoms with Gasteiger partial charge in [0.25, 0.3) is 5.56 Å². The molecule has 148 valence electrons. The quantitative estimate of drug-likeness (QED) is 0.809. The summed E-state index contributed by atoms with van der Waals surface area (Å²) in [5, 5.41) is 9.40. The van der Waals surface area contributed by atoms with Crippen molar-refractivity contribution in [2.75, 3.05) is 0 Å². The van der Waals surface area contributed by atoms with E-state index in [-0.39, 0.29) is 6.54 Å². The topological polar surface area (TPSA) is 77.8 Å². The van der Waals surface area contributed by atoms with Crippen molar-refractivity contribution in [3.63, 3.8) is 0 Å². The molecule has 2 aromatic rings. The Balaban J connectivity index is 2.05. The van der Waals surface area contributed by atoms with E-state index in [1.807, 2.05) is 27.7 Å². The predicted molar refractivity (Wildman–Crippen MR) is 98.8 cm³/mol. The Hall–Kier alpha value is -2.52. The fourth-order valence-corrected chi connectivity index (χ4v) is 2.87. The summed E-state index contributed by atoms with van der Waals surface area (Å²) < 4.78 is 39.6. The van der Waals surface area contributed by atoms with Gasteiger partial charge in [0.15, 0.2) is 11.6 Å². The molecule has 0 aliphatic carbocycles. The zero-order valence-corrected chi connectivity index (χ0v) is 16.0. The highest BCUT2D eigenvalue weighted by atomic mass is 19.2. The van der Waals surface area contributed by atoms with Crippen molar-refractivity contribution in [3.8, 4) is 0 Å². The van der Waals surface area contributed by atoms with Crippen LogP contribution in [0.3, 0.4) is 0 Å². The number of pyridine rings is 1. The van der Waals surface area contributed by atoms with Crippen molar-refractivity contribution >= 4 is 18.6 Å². The zero-order chi connectivity index (χ0) is 20.9. The van der Waals surface area contributed by atoms with E-state index in [1.165, 1.54) is 18.3 Å². The van der Waals surface area contributed by atoms with Gasteiger partial charge in [0, 0.05) is 6.20 Å². The first-order chi connectivity index (χ1) is 12.9. The first-order valence-corrected chi connectivity index (χ1v) is 8.68. The fourth-order valence-electron chi connectivity index (χ4n) is 2.87. The molecule has 1 aliphatic rings. The van der Waals surface area contributed by atoms with Crippen LogP contribution in [0, 0.1) is 11.6 Å². The van der Waals surface area contributed by atoms with Crippen LogP contribution in [0.5, 0.6) is 0 Å². The molecule has 0 amide bonds. The van der Waals surface area contributed by atoms with Gasteiger partial charge in [-0.2, -0.15) is 0 Å². The minimum absolute atomic E-state index is 0.135. The number of nitrogens with zero attached hydrogens (tertiary/aromatic N) is 1. The highest BCUT2D eigenvalue weighted by Crippen LogP contribution is 2.36. The van der Waals surface area contributed by atoms with Crippen LogP contribution in [0.2, 0.25) is 0 Å². The molecule has 1 saturated heterocycles. The number of carbonyl (C=O) groups is 1. The number of hydrogen-bond donors (Lipinski definition) is 1. The maximum atomic E-state index is 13.5. The predicted octanol–water partition coefficient (Wildman–Crippen LogP) is 2.17. The number of aromatic carboxylic acids is 1. The van der Waals surface area contributed by atoms with Gasteiger partial charge in [-0.25, -0.2) is 13.6 Å². The lowest BCUT2D eigenvalue weighted by molar-refractivity contribution is 0.00578. The SMILES string of the molecule is CC1(C)OB(c2cc(C(=O)O)c(=O)n(Cc3ccc(F)c(F)c3)c2)OC1(C)C. The Labute approximate surface area is 160 Å². The van der Waals surface area contributed by atoms with E-state index in [0.717, 1.165) is 16.7 Å². The minimum Gasteiger partial charge on any atom is -0.477 e. The lowest BCUT2D eigenvalue weighted by Crippen LogP contribution is -2.41. The van der Waals surface area contributed by atoms with Gasteiger partial charge in [0.2, 0.25) is 0 Å². The average Bonchev–Trinajstić information content (AvgIpc) is 2.80. The number of carboxylic acid groups (broad SMARTS) is 1. The van der Waals surface area contributed by atoms with Gasteiger partial charge in [0.1, 0.15) is 5.56 Å². The van der Waals surface area contributed by atoms with Gasteiger partial charge < -0.3 is 19.0 Å². The standard InChI is InChI=1S/C19H20BF2NO5/c1-18(2)19(3,4)28-20(27-18)12-8-13(17(25)26)16(24)23(10-12)9-11-5-6-14(21)15(22)7-11/h5-8,10H,9H2,1-4H3,(H,25,26). The van der Waals surface area contributed by atoms with Crippen LogP contribution in [0.15, 0.2) is 35.3 Å². The Morgan fingerprint density at radius 2 is 1.71 bits per heavy atom. The molecule has 1 aromatic heterocycles. The normalized spacial score (nSPS) is 17.7. The first-order valence-electron chi connectivity index (χ1n) is 8.68. The van der Waals surface area contributed by atoms with Crippen LogP contribution in [0.25, 0.3) is 0 Å². The average molecular weight is 391 g/mol. The van der Waals surface area contributed by atoms with Crippen molar-refractivity contribution in [3.05, 3.63) is 63.6 Å². The molecule has 9 heteroatoms. The molecule has 1 fully saturated rings. The van der Waals surface area contributed by atoms with Crippen molar-refractivity contribution < 1.29 is 28.0 Å². The van der Waals surface area contributed by atoms with Crippen molar-refractivity contribution in [2.45, 2.75) is 45.4 Å². The first kappa shape index (κ1) is 20.2. The van der Waals surface area contributed by atoms with Gasteiger partial charge >= 0.3 is 13.1 Å². The summed E-state index contributed by atoms with van der Waals surface area (Å²) in [5.74, 6) is -3.46. The van der Waals surface area contributed by atoms with Crippen LogP contribution < -0.4 is 11.0 Å². The summed E-state index contributed by atoms with van der Waals surface area (Å²) >= 11 is 0. The number of hydrogen-bond acceptors (Lipinski definition) is 4. The summed E-state index contributed by atoms with van der Waals surface area (Å²) in [6, 6.07) is 4.46. The minimum atomic E-state index is -1.40. The molecule has 28 heavy (non-hydrogen) atoms. The smallest absolute Gasteiger partial charge is 0.477 e. The summed E-state index contributed by atoms with van der Waals surface area (Å²) in [6.45, 7) is 7.26. The third-order valence-electron chi connectivity index (χ3n) is 5.20. The molecule has 3 rings (SSSR count). The second kappa shape index (κ2) is 6.82. The van der Waals surface area contributed by atoms with Gasteiger partial charge in [0.05, 0.1) is 17.7 Å². The number of carboxylic acids is 1. The van der Waals surface area contributed by atoms with E-state index in [9.17, 15) is 23.5 Å². The molecule has 0 bridgehead atoms. The molecule has 0 spiro atoms. The molecule has 6 nitrogen and oxygen atoms in total. The van der Waals surface area contributed by atoms with E-state index in [4.69, 9.17) is 9.31 Å². The number of benzene rings is 1. The Morgan fingerprint density at radius 1 is 1.11 bits per heavy atom. The van der Waals surface area contributed by atoms with Crippen molar-refractivity contribution in [2.24, 2.45) is 0 Å². The molecule has 0 radical (unpaired) electrons. The van der Waals surface area contributed by atoms with E-state index in [2.05, 4.69) is 0 Å². The lowest BCUT2D eigenvalue weighted by Gasteiger charge is -2.32. The molecule has 1 aromatic carbocycles. The van der Waals surface area contributed by atoms with E-state index in [0.29, 0.717) is 11.0 Å². The van der Waals surface area contributed by atoms with Crippen LogP contribution >= 0.6 is 0 Å².